The van der Waals surface area contributed by atoms with Gasteiger partial charge in [0.15, 0.2) is 0 Å². The van der Waals surface area contributed by atoms with Gasteiger partial charge in [0.2, 0.25) is 0 Å². The first-order valence-corrected chi connectivity index (χ1v) is 4.45. The zero-order valence-corrected chi connectivity index (χ0v) is 8.40. The summed E-state index contributed by atoms with van der Waals surface area (Å²) in [5.74, 6) is 0. The third kappa shape index (κ3) is 33.1. The van der Waals surface area contributed by atoms with Crippen LogP contribution >= 0.6 is 0 Å². The van der Waals surface area contributed by atoms with Crippen LogP contribution in [0.1, 0.15) is 26.2 Å². The molecule has 51 valence electrons. The molecule has 0 rings (SSSR count). The van der Waals surface area contributed by atoms with Gasteiger partial charge in [-0.1, -0.05) is 13.3 Å². The van der Waals surface area contributed by atoms with Gasteiger partial charge in [-0.05, 0) is 6.42 Å². The Hall–Kier alpha value is -0.152. The second-order valence-corrected chi connectivity index (χ2v) is 2.05. The fraction of sp³-hybridized carbons (Fsp3) is 0.667. The van der Waals surface area contributed by atoms with Crippen molar-refractivity contribution in [2.45, 2.75) is 26.2 Å². The van der Waals surface area contributed by atoms with Crippen LogP contribution in [0.15, 0.2) is 0 Å². The summed E-state index contributed by atoms with van der Waals surface area (Å²) < 4.78 is 0.833. The Morgan fingerprint density at radius 3 is 2.33 bits per heavy atom. The first-order chi connectivity index (χ1) is 4.33. The first-order valence-electron chi connectivity index (χ1n) is 2.76. The van der Waals surface area contributed by atoms with Crippen LogP contribution < -0.4 is 0 Å². The molecule has 0 aromatic heterocycles. The molecule has 0 aliphatic rings. The van der Waals surface area contributed by atoms with Crippen molar-refractivity contribution in [3.05, 3.63) is 0 Å². The average molecular weight is 296 g/mol. The zero-order chi connectivity index (χ0) is 7.54. The molecule has 0 saturated carbocycles. The number of hydrogen-bond acceptors (Lipinski definition) is 2. The van der Waals surface area contributed by atoms with Crippen LogP contribution in [-0.4, -0.2) is 4.68 Å². The van der Waals surface area contributed by atoms with E-state index in [1.165, 1.54) is 0 Å². The summed E-state index contributed by atoms with van der Waals surface area (Å²) in [5.41, 5.74) is 0. The van der Waals surface area contributed by atoms with Crippen molar-refractivity contribution in [2.24, 2.45) is 0 Å². The number of carbonyl (C=O) groups excluding carboxylic acids is 1. The van der Waals surface area contributed by atoms with E-state index in [4.69, 9.17) is 10.1 Å². The van der Waals surface area contributed by atoms with E-state index in [1.54, 1.807) is 0 Å². The fourth-order valence-electron chi connectivity index (χ4n) is 0.256. The zero-order valence-electron chi connectivity index (χ0n) is 5.46. The van der Waals surface area contributed by atoms with E-state index in [1.807, 2.05) is 0 Å². The molecule has 2 nitrogen and oxygen atoms in total. The van der Waals surface area contributed by atoms with Crippen molar-refractivity contribution in [1.82, 2.24) is 0 Å². The van der Waals surface area contributed by atoms with E-state index in [0.717, 1.165) is 43.8 Å². The van der Waals surface area contributed by atoms with Crippen LogP contribution in [0.4, 0.5) is 0 Å². The van der Waals surface area contributed by atoms with Gasteiger partial charge in [-0.3, -0.25) is 0 Å². The molecule has 0 radical (unpaired) electrons. The number of nitrogens with zero attached hydrogens (tertiary/aromatic N) is 1. The van der Waals surface area contributed by atoms with Gasteiger partial charge < -0.3 is 0 Å². The Balaban J connectivity index is 0. The molecule has 0 N–H and O–H groups in total. The molecule has 0 fully saturated rings. The molecule has 0 spiro atoms. The van der Waals surface area contributed by atoms with Crippen molar-refractivity contribution in [2.75, 3.05) is 0 Å². The second kappa shape index (κ2) is 15.7. The van der Waals surface area contributed by atoms with Crippen molar-refractivity contribution in [1.29, 1.82) is 5.26 Å². The number of rotatable bonds is 2. The number of hydrogen-bond donors (Lipinski definition) is 0. The normalized spacial score (nSPS) is 6.22. The van der Waals surface area contributed by atoms with E-state index in [0.29, 0.717) is 0 Å². The molecule has 0 saturated heterocycles. The summed E-state index contributed by atoms with van der Waals surface area (Å²) in [6.07, 6.45) is 2.90. The van der Waals surface area contributed by atoms with Crippen LogP contribution in [0.5, 0.6) is 0 Å². The molecule has 0 aliphatic carbocycles. The summed E-state index contributed by atoms with van der Waals surface area (Å²) in [6, 6.07) is 2.07. The van der Waals surface area contributed by atoms with Gasteiger partial charge in [-0.15, -0.1) is 0 Å². The molecule has 0 unspecified atom stereocenters. The van der Waals surface area contributed by atoms with Gasteiger partial charge in [0.05, 0.1) is 6.07 Å². The van der Waals surface area contributed by atoms with E-state index in [9.17, 15) is 0 Å². The SMILES string of the molecule is CCCCC#N.O=[CH][W]. The quantitative estimate of drug-likeness (QED) is 0.571. The predicted molar refractivity (Wildman–Crippen MR) is 31.9 cm³/mol. The Morgan fingerprint density at radius 1 is 1.78 bits per heavy atom. The Bertz CT molecular complexity index is 87.5. The molecular formula is C6H10NOW. The molecule has 0 aromatic rings. The molecule has 9 heavy (non-hydrogen) atoms. The predicted octanol–water partition coefficient (Wildman–Crippen LogP) is 1.42. The third-order valence-electron chi connectivity index (χ3n) is 0.642. The van der Waals surface area contributed by atoms with Crippen molar-refractivity contribution in [3.63, 3.8) is 0 Å². The van der Waals surface area contributed by atoms with E-state index in [2.05, 4.69) is 13.0 Å². The van der Waals surface area contributed by atoms with Crippen LogP contribution in [0.2, 0.25) is 0 Å². The number of carbonyl (C=O) groups is 1. The molecule has 0 atom stereocenters. The van der Waals surface area contributed by atoms with Gasteiger partial charge >= 0.3 is 29.3 Å². The van der Waals surface area contributed by atoms with Crippen LogP contribution in [0.3, 0.4) is 0 Å². The molecule has 3 heteroatoms. The maximum atomic E-state index is 8.84. The first kappa shape index (κ1) is 11.6. The molecule has 0 aliphatic heterocycles. The fourth-order valence-corrected chi connectivity index (χ4v) is 0.256. The van der Waals surface area contributed by atoms with Gasteiger partial charge in [-0.2, -0.15) is 5.26 Å². The molecule has 0 aromatic carbocycles. The topological polar surface area (TPSA) is 40.9 Å². The minimum absolute atomic E-state index is 0.719. The standard InChI is InChI=1S/C5H9N.CHO.W/c1-2-3-4-5-6;1-2;/h2-4H2,1H3;1H;. The van der Waals surface area contributed by atoms with Gasteiger partial charge in [0.1, 0.15) is 0 Å². The van der Waals surface area contributed by atoms with Gasteiger partial charge in [0.25, 0.3) is 0 Å². The third-order valence-corrected chi connectivity index (χ3v) is 0.642. The summed E-state index contributed by atoms with van der Waals surface area (Å²) in [6.45, 7) is 2.08. The van der Waals surface area contributed by atoms with Crippen LogP contribution in [0.25, 0.3) is 0 Å². The van der Waals surface area contributed by atoms with E-state index in [-0.39, 0.29) is 0 Å². The Morgan fingerprint density at radius 2 is 2.22 bits per heavy atom. The van der Waals surface area contributed by atoms with Crippen LogP contribution in [-0.2, 0) is 24.6 Å². The summed E-state index contributed by atoms with van der Waals surface area (Å²) >= 11 is 0.991. The van der Waals surface area contributed by atoms with E-state index >= 15 is 0 Å². The van der Waals surface area contributed by atoms with Crippen molar-refractivity contribution >= 4 is 4.68 Å². The molecular weight excluding hydrogens is 286 g/mol. The van der Waals surface area contributed by atoms with Crippen molar-refractivity contribution < 1.29 is 24.6 Å². The number of unbranched alkanes of at least 4 members (excludes halogenated alkanes) is 2. The van der Waals surface area contributed by atoms with Gasteiger partial charge in [-0.25, -0.2) is 0 Å². The summed E-state index contributed by atoms with van der Waals surface area (Å²) in [4.78, 5) is 8.84. The Labute approximate surface area is 67.1 Å². The summed E-state index contributed by atoms with van der Waals surface area (Å²) in [7, 11) is 0. The van der Waals surface area contributed by atoms with Gasteiger partial charge in [0, 0.05) is 6.42 Å². The Kier molecular flexibility index (Phi) is 20.2. The average Bonchev–Trinajstić information content (AvgIpc) is 1.86. The number of nitriles is 1. The van der Waals surface area contributed by atoms with Crippen molar-refractivity contribution in [3.8, 4) is 6.07 Å². The van der Waals surface area contributed by atoms with Crippen LogP contribution in [0, 0.1) is 11.3 Å². The summed E-state index contributed by atoms with van der Waals surface area (Å²) in [5, 5.41) is 7.95. The maximum absolute atomic E-state index is 8.84. The second-order valence-electron chi connectivity index (χ2n) is 1.36. The van der Waals surface area contributed by atoms with E-state index < -0.39 is 0 Å². The monoisotopic (exact) mass is 296 g/mol. The molecule has 0 heterocycles. The molecule has 0 bridgehead atoms. The molecule has 0 amide bonds. The minimum atomic E-state index is 0.719.